The average molecular weight is 270 g/mol. The van der Waals surface area contributed by atoms with Gasteiger partial charge in [-0.1, -0.05) is 15.9 Å². The SMILES string of the molecule is O=C1NCC2(CC2)c2cc(Br)cc(F)c21. The summed E-state index contributed by atoms with van der Waals surface area (Å²) in [6, 6.07) is 3.23. The quantitative estimate of drug-likeness (QED) is 0.770. The number of fused-ring (bicyclic) bond motifs is 2. The summed E-state index contributed by atoms with van der Waals surface area (Å²) in [5.41, 5.74) is 1.13. The van der Waals surface area contributed by atoms with Crippen molar-refractivity contribution in [3.63, 3.8) is 0 Å². The van der Waals surface area contributed by atoms with E-state index in [1.54, 1.807) is 0 Å². The van der Waals surface area contributed by atoms with Crippen LogP contribution in [-0.2, 0) is 5.41 Å². The normalized spacial score (nSPS) is 21.1. The van der Waals surface area contributed by atoms with Crippen molar-refractivity contribution in [1.82, 2.24) is 5.32 Å². The molecular formula is C11H9BrFNO. The summed E-state index contributed by atoms with van der Waals surface area (Å²) in [7, 11) is 0. The van der Waals surface area contributed by atoms with Crippen molar-refractivity contribution in [2.45, 2.75) is 18.3 Å². The molecule has 1 saturated carbocycles. The van der Waals surface area contributed by atoms with Crippen LogP contribution in [-0.4, -0.2) is 12.5 Å². The van der Waals surface area contributed by atoms with E-state index >= 15 is 0 Å². The van der Waals surface area contributed by atoms with Gasteiger partial charge in [-0.05, 0) is 30.5 Å². The van der Waals surface area contributed by atoms with Crippen LogP contribution in [0.5, 0.6) is 0 Å². The van der Waals surface area contributed by atoms with E-state index < -0.39 is 5.82 Å². The topological polar surface area (TPSA) is 29.1 Å². The van der Waals surface area contributed by atoms with E-state index in [0.29, 0.717) is 11.0 Å². The first-order valence-electron chi connectivity index (χ1n) is 4.90. The molecule has 1 aliphatic heterocycles. The Bertz CT molecular complexity index is 468. The Kier molecular flexibility index (Phi) is 1.75. The summed E-state index contributed by atoms with van der Waals surface area (Å²) in [6.07, 6.45) is 2.08. The molecule has 1 aromatic rings. The number of nitrogens with one attached hydrogen (secondary N) is 1. The van der Waals surface area contributed by atoms with Gasteiger partial charge in [0, 0.05) is 16.4 Å². The van der Waals surface area contributed by atoms with Gasteiger partial charge in [-0.2, -0.15) is 0 Å². The predicted molar refractivity (Wildman–Crippen MR) is 57.3 cm³/mol. The highest BCUT2D eigenvalue weighted by Gasteiger charge is 2.49. The van der Waals surface area contributed by atoms with Crippen LogP contribution in [0.4, 0.5) is 4.39 Å². The number of carbonyl (C=O) groups is 1. The Balaban J connectivity index is 2.28. The van der Waals surface area contributed by atoms with Gasteiger partial charge in [-0.3, -0.25) is 4.79 Å². The minimum absolute atomic E-state index is 0.0217. The zero-order valence-electron chi connectivity index (χ0n) is 7.94. The summed E-state index contributed by atoms with van der Waals surface area (Å²) in [5, 5.41) is 2.76. The molecule has 1 spiro atoms. The monoisotopic (exact) mass is 269 g/mol. The molecule has 0 saturated heterocycles. The molecule has 0 atom stereocenters. The maximum absolute atomic E-state index is 13.7. The first kappa shape index (κ1) is 9.33. The van der Waals surface area contributed by atoms with E-state index in [-0.39, 0.29) is 16.9 Å². The predicted octanol–water partition coefficient (Wildman–Crippen LogP) is 2.36. The summed E-state index contributed by atoms with van der Waals surface area (Å²) in [4.78, 5) is 11.6. The number of amides is 1. The van der Waals surface area contributed by atoms with Crippen molar-refractivity contribution in [1.29, 1.82) is 0 Å². The van der Waals surface area contributed by atoms with E-state index in [2.05, 4.69) is 21.2 Å². The smallest absolute Gasteiger partial charge is 0.254 e. The van der Waals surface area contributed by atoms with Crippen LogP contribution in [0.15, 0.2) is 16.6 Å². The van der Waals surface area contributed by atoms with Crippen LogP contribution < -0.4 is 5.32 Å². The molecule has 2 nitrogen and oxygen atoms in total. The van der Waals surface area contributed by atoms with Gasteiger partial charge in [0.15, 0.2) is 0 Å². The fourth-order valence-electron chi connectivity index (χ4n) is 2.25. The maximum atomic E-state index is 13.7. The highest BCUT2D eigenvalue weighted by Crippen LogP contribution is 2.51. The van der Waals surface area contributed by atoms with Crippen molar-refractivity contribution in [3.05, 3.63) is 33.5 Å². The molecule has 78 valence electrons. The fourth-order valence-corrected chi connectivity index (χ4v) is 2.68. The van der Waals surface area contributed by atoms with Crippen molar-refractivity contribution in [2.24, 2.45) is 0 Å². The van der Waals surface area contributed by atoms with Crippen LogP contribution in [0.1, 0.15) is 28.8 Å². The molecule has 4 heteroatoms. The van der Waals surface area contributed by atoms with Crippen molar-refractivity contribution in [2.75, 3.05) is 6.54 Å². The van der Waals surface area contributed by atoms with Crippen LogP contribution in [0, 0.1) is 5.82 Å². The summed E-state index contributed by atoms with van der Waals surface area (Å²) < 4.78 is 14.4. The molecule has 1 amide bonds. The Morgan fingerprint density at radius 3 is 2.80 bits per heavy atom. The van der Waals surface area contributed by atoms with Crippen LogP contribution in [0.3, 0.4) is 0 Å². The van der Waals surface area contributed by atoms with Crippen LogP contribution in [0.25, 0.3) is 0 Å². The van der Waals surface area contributed by atoms with Gasteiger partial charge >= 0.3 is 0 Å². The van der Waals surface area contributed by atoms with E-state index in [1.807, 2.05) is 6.07 Å². The molecule has 0 aromatic heterocycles. The van der Waals surface area contributed by atoms with E-state index in [0.717, 1.165) is 18.4 Å². The molecule has 2 aliphatic rings. The minimum atomic E-state index is -0.428. The third kappa shape index (κ3) is 1.24. The highest BCUT2D eigenvalue weighted by molar-refractivity contribution is 9.10. The second-order valence-electron chi connectivity index (χ2n) is 4.27. The van der Waals surface area contributed by atoms with Crippen LogP contribution in [0.2, 0.25) is 0 Å². The van der Waals surface area contributed by atoms with E-state index in [9.17, 15) is 9.18 Å². The zero-order chi connectivity index (χ0) is 10.6. The molecule has 0 bridgehead atoms. The molecule has 1 N–H and O–H groups in total. The summed E-state index contributed by atoms with van der Waals surface area (Å²) in [6.45, 7) is 0.648. The Hall–Kier alpha value is -0.900. The second kappa shape index (κ2) is 2.82. The lowest BCUT2D eigenvalue weighted by Gasteiger charge is -2.26. The number of hydrogen-bond donors (Lipinski definition) is 1. The van der Waals surface area contributed by atoms with Crippen molar-refractivity contribution in [3.8, 4) is 0 Å². The molecule has 0 radical (unpaired) electrons. The average Bonchev–Trinajstić information content (AvgIpc) is 2.92. The third-order valence-electron chi connectivity index (χ3n) is 3.29. The van der Waals surface area contributed by atoms with Crippen molar-refractivity contribution < 1.29 is 9.18 Å². The minimum Gasteiger partial charge on any atom is -0.351 e. The lowest BCUT2D eigenvalue weighted by Crippen LogP contribution is -2.40. The summed E-state index contributed by atoms with van der Waals surface area (Å²) in [5.74, 6) is -0.713. The van der Waals surface area contributed by atoms with Gasteiger partial charge in [-0.25, -0.2) is 4.39 Å². The van der Waals surface area contributed by atoms with Gasteiger partial charge in [0.2, 0.25) is 0 Å². The van der Waals surface area contributed by atoms with Gasteiger partial charge < -0.3 is 5.32 Å². The highest BCUT2D eigenvalue weighted by atomic mass is 79.9. The number of halogens is 2. The Morgan fingerprint density at radius 2 is 2.13 bits per heavy atom. The molecule has 1 fully saturated rings. The molecule has 1 aliphatic carbocycles. The second-order valence-corrected chi connectivity index (χ2v) is 5.19. The first-order chi connectivity index (χ1) is 7.12. The summed E-state index contributed by atoms with van der Waals surface area (Å²) >= 11 is 3.27. The fraction of sp³-hybridized carbons (Fsp3) is 0.364. The molecule has 1 heterocycles. The molecular weight excluding hydrogens is 261 g/mol. The molecule has 0 unspecified atom stereocenters. The van der Waals surface area contributed by atoms with Gasteiger partial charge in [0.1, 0.15) is 5.82 Å². The lowest BCUT2D eigenvalue weighted by molar-refractivity contribution is 0.0933. The number of rotatable bonds is 0. The van der Waals surface area contributed by atoms with E-state index in [1.165, 1.54) is 6.07 Å². The standard InChI is InChI=1S/C11H9BrFNO/c12-6-3-7-9(8(13)4-6)10(15)14-5-11(7)1-2-11/h3-4H,1-2,5H2,(H,14,15). The number of carbonyl (C=O) groups excluding carboxylic acids is 1. The molecule has 15 heavy (non-hydrogen) atoms. The van der Waals surface area contributed by atoms with Gasteiger partial charge in [-0.15, -0.1) is 0 Å². The first-order valence-corrected chi connectivity index (χ1v) is 5.69. The Labute approximate surface area is 95.0 Å². The lowest BCUT2D eigenvalue weighted by atomic mass is 9.87. The van der Waals surface area contributed by atoms with Crippen LogP contribution >= 0.6 is 15.9 Å². The van der Waals surface area contributed by atoms with Gasteiger partial charge in [0.25, 0.3) is 5.91 Å². The number of benzene rings is 1. The zero-order valence-corrected chi connectivity index (χ0v) is 9.53. The van der Waals surface area contributed by atoms with E-state index in [4.69, 9.17) is 0 Å². The van der Waals surface area contributed by atoms with Gasteiger partial charge in [0.05, 0.1) is 5.56 Å². The molecule has 3 rings (SSSR count). The molecule has 1 aromatic carbocycles. The third-order valence-corrected chi connectivity index (χ3v) is 3.75. The Morgan fingerprint density at radius 1 is 1.40 bits per heavy atom. The maximum Gasteiger partial charge on any atom is 0.254 e. The van der Waals surface area contributed by atoms with Crippen molar-refractivity contribution >= 4 is 21.8 Å². The number of hydrogen-bond acceptors (Lipinski definition) is 1. The largest absolute Gasteiger partial charge is 0.351 e.